The number of halogens is 2. The number of hydrogen-bond acceptors (Lipinski definition) is 4. The molecular formula is C22H19Cl2N5O3S. The number of carbonyl (C=O) groups excluding carboxylic acids is 1. The Labute approximate surface area is 200 Å². The van der Waals surface area contributed by atoms with Gasteiger partial charge in [0, 0.05) is 16.8 Å². The molecule has 0 aliphatic heterocycles. The van der Waals surface area contributed by atoms with E-state index in [1.165, 1.54) is 24.3 Å². The van der Waals surface area contributed by atoms with Gasteiger partial charge in [-0.15, -0.1) is 0 Å². The zero-order valence-corrected chi connectivity index (χ0v) is 19.6. The minimum absolute atomic E-state index is 0.0554. The lowest BCUT2D eigenvalue weighted by Crippen LogP contribution is -2.31. The molecule has 33 heavy (non-hydrogen) atoms. The van der Waals surface area contributed by atoms with E-state index < -0.39 is 22.1 Å². The van der Waals surface area contributed by atoms with Gasteiger partial charge in [-0.3, -0.25) is 9.82 Å². The highest BCUT2D eigenvalue weighted by atomic mass is 35.5. The molecule has 4 rings (SSSR count). The van der Waals surface area contributed by atoms with E-state index in [0.717, 1.165) is 10.9 Å². The maximum atomic E-state index is 12.7. The molecule has 0 saturated carbocycles. The molecule has 0 saturated heterocycles. The second-order valence-electron chi connectivity index (χ2n) is 7.27. The molecular weight excluding hydrogens is 485 g/mol. The quantitative estimate of drug-likeness (QED) is 0.275. The molecule has 2 amide bonds. The molecule has 3 aromatic carbocycles. The zero-order valence-electron chi connectivity index (χ0n) is 17.3. The average Bonchev–Trinajstić information content (AvgIpc) is 3.23. The topological polar surface area (TPSA) is 116 Å². The van der Waals surface area contributed by atoms with Gasteiger partial charge in [-0.05, 0) is 61.0 Å². The molecule has 0 radical (unpaired) electrons. The second kappa shape index (κ2) is 9.30. The summed E-state index contributed by atoms with van der Waals surface area (Å²) in [6.45, 7) is 1.78. The number of H-pyrrole nitrogens is 1. The summed E-state index contributed by atoms with van der Waals surface area (Å²) in [7, 11) is -3.81. The van der Waals surface area contributed by atoms with Gasteiger partial charge in [0.2, 0.25) is 0 Å². The van der Waals surface area contributed by atoms with E-state index in [0.29, 0.717) is 27.0 Å². The first kappa shape index (κ1) is 22.9. The lowest BCUT2D eigenvalue weighted by molar-refractivity contribution is 0.249. The van der Waals surface area contributed by atoms with Gasteiger partial charge in [0.1, 0.15) is 0 Å². The number of anilines is 2. The van der Waals surface area contributed by atoms with Crippen molar-refractivity contribution in [1.82, 2.24) is 15.5 Å². The molecule has 4 N–H and O–H groups in total. The predicted molar refractivity (Wildman–Crippen MR) is 130 cm³/mol. The normalized spacial score (nSPS) is 12.3. The minimum atomic E-state index is -3.81. The fraction of sp³-hybridized carbons (Fsp3) is 0.0909. The summed E-state index contributed by atoms with van der Waals surface area (Å²) in [6, 6.07) is 15.2. The molecule has 0 fully saturated rings. The van der Waals surface area contributed by atoms with Crippen LogP contribution in [-0.2, 0) is 10.0 Å². The Morgan fingerprint density at radius 3 is 2.52 bits per heavy atom. The van der Waals surface area contributed by atoms with Crippen molar-refractivity contribution in [2.45, 2.75) is 17.9 Å². The molecule has 170 valence electrons. The van der Waals surface area contributed by atoms with E-state index in [9.17, 15) is 13.2 Å². The smallest absolute Gasteiger partial charge is 0.319 e. The zero-order chi connectivity index (χ0) is 23.6. The summed E-state index contributed by atoms with van der Waals surface area (Å²) >= 11 is 12.2. The van der Waals surface area contributed by atoms with Crippen LogP contribution in [0.25, 0.3) is 10.9 Å². The number of aromatic nitrogens is 2. The predicted octanol–water partition coefficient (Wildman–Crippen LogP) is 5.55. The van der Waals surface area contributed by atoms with Crippen LogP contribution >= 0.6 is 23.2 Å². The van der Waals surface area contributed by atoms with Crippen LogP contribution in [0.15, 0.2) is 71.8 Å². The summed E-state index contributed by atoms with van der Waals surface area (Å²) in [6.07, 6.45) is 1.61. The first-order valence-corrected chi connectivity index (χ1v) is 12.0. The van der Waals surface area contributed by atoms with Crippen LogP contribution in [0.1, 0.15) is 18.5 Å². The first-order valence-electron chi connectivity index (χ1n) is 9.80. The number of hydrogen-bond donors (Lipinski definition) is 4. The fourth-order valence-corrected chi connectivity index (χ4v) is 4.76. The third kappa shape index (κ3) is 5.22. The number of amides is 2. The van der Waals surface area contributed by atoms with Crippen molar-refractivity contribution in [1.29, 1.82) is 0 Å². The van der Waals surface area contributed by atoms with Gasteiger partial charge in [0.25, 0.3) is 10.0 Å². The Kier molecular flexibility index (Phi) is 6.46. The highest BCUT2D eigenvalue weighted by Crippen LogP contribution is 2.29. The fourth-order valence-electron chi connectivity index (χ4n) is 3.23. The second-order valence-corrected chi connectivity index (χ2v) is 9.73. The summed E-state index contributed by atoms with van der Waals surface area (Å²) in [5.74, 6) is 0. The first-order chi connectivity index (χ1) is 15.7. The number of benzene rings is 3. The highest BCUT2D eigenvalue weighted by molar-refractivity contribution is 7.92. The molecule has 0 aliphatic rings. The van der Waals surface area contributed by atoms with E-state index >= 15 is 0 Å². The van der Waals surface area contributed by atoms with Gasteiger partial charge in [0.15, 0.2) is 0 Å². The summed E-state index contributed by atoms with van der Waals surface area (Å²) in [5.41, 5.74) is 2.33. The van der Waals surface area contributed by atoms with Crippen LogP contribution in [0.4, 0.5) is 16.2 Å². The van der Waals surface area contributed by atoms with Crippen LogP contribution < -0.4 is 15.4 Å². The van der Waals surface area contributed by atoms with Gasteiger partial charge >= 0.3 is 6.03 Å². The number of nitrogens with one attached hydrogen (secondary N) is 4. The number of nitrogens with zero attached hydrogens (tertiary/aromatic N) is 1. The highest BCUT2D eigenvalue weighted by Gasteiger charge is 2.16. The number of sulfonamides is 1. The maximum absolute atomic E-state index is 12.7. The van der Waals surface area contributed by atoms with Crippen molar-refractivity contribution in [2.24, 2.45) is 0 Å². The number of fused-ring (bicyclic) bond motifs is 1. The van der Waals surface area contributed by atoms with Crippen molar-refractivity contribution < 1.29 is 13.2 Å². The molecule has 0 aliphatic carbocycles. The largest absolute Gasteiger partial charge is 0.331 e. The van der Waals surface area contributed by atoms with Crippen molar-refractivity contribution in [3.05, 3.63) is 82.5 Å². The summed E-state index contributed by atoms with van der Waals surface area (Å²) in [4.78, 5) is 12.4. The molecule has 0 spiro atoms. The van der Waals surface area contributed by atoms with Crippen LogP contribution in [0.3, 0.4) is 0 Å². The van der Waals surface area contributed by atoms with Crippen LogP contribution in [0.2, 0.25) is 10.0 Å². The molecule has 8 nitrogen and oxygen atoms in total. The molecule has 1 heterocycles. The SMILES string of the molecule is C[C@H](NC(=O)Nc1ccc(S(=O)(=O)Nc2ccc3[nH]ncc3c2)cc1)c1cccc(Cl)c1Cl. The van der Waals surface area contributed by atoms with Crippen molar-refractivity contribution in [3.63, 3.8) is 0 Å². The molecule has 11 heteroatoms. The molecule has 0 unspecified atom stereocenters. The van der Waals surface area contributed by atoms with E-state index in [-0.39, 0.29) is 4.90 Å². The maximum Gasteiger partial charge on any atom is 0.319 e. The van der Waals surface area contributed by atoms with Crippen molar-refractivity contribution in [3.8, 4) is 0 Å². The monoisotopic (exact) mass is 503 g/mol. The van der Waals surface area contributed by atoms with E-state index in [4.69, 9.17) is 23.2 Å². The Morgan fingerprint density at radius 1 is 1.03 bits per heavy atom. The van der Waals surface area contributed by atoms with Crippen LogP contribution in [-0.4, -0.2) is 24.6 Å². The van der Waals surface area contributed by atoms with Gasteiger partial charge in [-0.2, -0.15) is 5.10 Å². The van der Waals surface area contributed by atoms with Gasteiger partial charge < -0.3 is 10.6 Å². The minimum Gasteiger partial charge on any atom is -0.331 e. The Balaban J connectivity index is 1.40. The number of urea groups is 1. The standard InChI is InChI=1S/C22H19Cl2N5O3S/c1-13(18-3-2-4-19(23)21(18)24)26-22(30)27-15-5-8-17(9-6-15)33(31,32)29-16-7-10-20-14(11-16)12-25-28-20/h2-13,29H,1H3,(H,25,28)(H2,26,27,30)/t13-/m0/s1. The number of carbonyl (C=O) groups is 1. The van der Waals surface area contributed by atoms with Gasteiger partial charge in [-0.25, -0.2) is 13.2 Å². The Bertz CT molecular complexity index is 1420. The number of aromatic amines is 1. The Morgan fingerprint density at radius 2 is 1.76 bits per heavy atom. The van der Waals surface area contributed by atoms with Crippen molar-refractivity contribution in [2.75, 3.05) is 10.0 Å². The van der Waals surface area contributed by atoms with Crippen LogP contribution in [0.5, 0.6) is 0 Å². The average molecular weight is 504 g/mol. The van der Waals surface area contributed by atoms with Gasteiger partial charge in [0.05, 0.1) is 32.7 Å². The Hall–Kier alpha value is -3.27. The molecule has 0 bridgehead atoms. The lowest BCUT2D eigenvalue weighted by atomic mass is 10.1. The molecule has 1 aromatic heterocycles. The summed E-state index contributed by atoms with van der Waals surface area (Å²) < 4.78 is 28.0. The number of rotatable bonds is 6. The summed E-state index contributed by atoms with van der Waals surface area (Å²) in [5, 5.41) is 13.7. The van der Waals surface area contributed by atoms with Crippen LogP contribution in [0, 0.1) is 0 Å². The third-order valence-corrected chi connectivity index (χ3v) is 7.14. The molecule has 1 atom stereocenters. The van der Waals surface area contributed by atoms with E-state index in [2.05, 4.69) is 25.6 Å². The third-order valence-electron chi connectivity index (χ3n) is 4.91. The van der Waals surface area contributed by atoms with E-state index in [1.807, 2.05) is 0 Å². The lowest BCUT2D eigenvalue weighted by Gasteiger charge is -2.17. The van der Waals surface area contributed by atoms with E-state index in [1.54, 1.807) is 49.5 Å². The van der Waals surface area contributed by atoms with Gasteiger partial charge in [-0.1, -0.05) is 35.3 Å². The van der Waals surface area contributed by atoms with Crippen molar-refractivity contribution >= 4 is 61.5 Å². The molecule has 4 aromatic rings.